The molecule has 2 saturated carbocycles. The first-order valence-electron chi connectivity index (χ1n) is 6.54. The molecule has 5 atom stereocenters. The quantitative estimate of drug-likeness (QED) is 0.801. The van der Waals surface area contributed by atoms with Gasteiger partial charge in [-0.25, -0.2) is 0 Å². The molecular weight excluding hydrogens is 202 g/mol. The zero-order valence-corrected chi connectivity index (χ0v) is 10.7. The fraction of sp³-hybridized carbons (Fsp3) is 1.00. The number of ether oxygens (including phenoxy) is 2. The Morgan fingerprint density at radius 2 is 1.62 bits per heavy atom. The monoisotopic (exact) mass is 227 g/mol. The van der Waals surface area contributed by atoms with E-state index in [-0.39, 0.29) is 18.2 Å². The van der Waals surface area contributed by atoms with Crippen LogP contribution in [-0.4, -0.2) is 31.5 Å². The topological polar surface area (TPSA) is 44.5 Å². The second kappa shape index (κ2) is 5.03. The zero-order valence-electron chi connectivity index (χ0n) is 10.7. The van der Waals surface area contributed by atoms with Crippen LogP contribution in [0, 0.1) is 11.8 Å². The highest BCUT2D eigenvalue weighted by Crippen LogP contribution is 2.34. The number of methoxy groups -OCH3 is 1. The van der Waals surface area contributed by atoms with Crippen LogP contribution in [0.3, 0.4) is 0 Å². The summed E-state index contributed by atoms with van der Waals surface area (Å²) in [7, 11) is 1.73. The third-order valence-corrected chi connectivity index (χ3v) is 4.07. The Balaban J connectivity index is 1.81. The van der Waals surface area contributed by atoms with Gasteiger partial charge >= 0.3 is 0 Å². The van der Waals surface area contributed by atoms with Crippen LogP contribution in [0.25, 0.3) is 0 Å². The molecule has 3 nitrogen and oxygen atoms in total. The van der Waals surface area contributed by atoms with Crippen molar-refractivity contribution in [2.45, 2.75) is 63.9 Å². The molecule has 16 heavy (non-hydrogen) atoms. The molecule has 0 radical (unpaired) electrons. The minimum absolute atomic E-state index is 0.118. The predicted molar refractivity (Wildman–Crippen MR) is 64.2 cm³/mol. The van der Waals surface area contributed by atoms with Gasteiger partial charge in [-0.2, -0.15) is 0 Å². The number of rotatable bonds is 3. The van der Waals surface area contributed by atoms with E-state index in [9.17, 15) is 0 Å². The van der Waals surface area contributed by atoms with Crippen LogP contribution in [0.4, 0.5) is 0 Å². The van der Waals surface area contributed by atoms with E-state index in [1.807, 2.05) is 0 Å². The van der Waals surface area contributed by atoms with E-state index in [0.717, 1.165) is 18.3 Å². The first-order chi connectivity index (χ1) is 7.60. The molecule has 0 aromatic carbocycles. The van der Waals surface area contributed by atoms with Crippen molar-refractivity contribution in [3.63, 3.8) is 0 Å². The average molecular weight is 227 g/mol. The summed E-state index contributed by atoms with van der Waals surface area (Å²) in [6, 6.07) is 0.174. The maximum absolute atomic E-state index is 6.14. The fourth-order valence-electron chi connectivity index (χ4n) is 3.31. The molecule has 0 spiro atoms. The minimum Gasteiger partial charge on any atom is -0.377 e. The molecule has 0 heterocycles. The van der Waals surface area contributed by atoms with Crippen molar-refractivity contribution in [1.82, 2.24) is 0 Å². The Morgan fingerprint density at radius 1 is 1.00 bits per heavy atom. The zero-order chi connectivity index (χ0) is 11.7. The highest BCUT2D eigenvalue weighted by molar-refractivity contribution is 4.95. The highest BCUT2D eigenvalue weighted by Gasteiger charge is 2.41. The van der Waals surface area contributed by atoms with Crippen LogP contribution in [-0.2, 0) is 9.47 Å². The molecule has 0 bridgehead atoms. The van der Waals surface area contributed by atoms with Gasteiger partial charge in [-0.1, -0.05) is 13.8 Å². The van der Waals surface area contributed by atoms with Crippen LogP contribution in [0.15, 0.2) is 0 Å². The van der Waals surface area contributed by atoms with Gasteiger partial charge in [0.25, 0.3) is 0 Å². The summed E-state index contributed by atoms with van der Waals surface area (Å²) in [4.78, 5) is 0. The van der Waals surface area contributed by atoms with E-state index in [2.05, 4.69) is 13.8 Å². The van der Waals surface area contributed by atoms with Gasteiger partial charge in [-0.05, 0) is 37.5 Å². The van der Waals surface area contributed by atoms with E-state index >= 15 is 0 Å². The van der Waals surface area contributed by atoms with Gasteiger partial charge in [-0.3, -0.25) is 0 Å². The molecule has 0 saturated heterocycles. The predicted octanol–water partition coefficient (Wildman–Crippen LogP) is 1.94. The first-order valence-corrected chi connectivity index (χ1v) is 6.54. The van der Waals surface area contributed by atoms with E-state index < -0.39 is 0 Å². The van der Waals surface area contributed by atoms with Crippen molar-refractivity contribution in [1.29, 1.82) is 0 Å². The molecule has 2 aliphatic rings. The summed E-state index contributed by atoms with van der Waals surface area (Å²) < 4.78 is 11.5. The molecule has 2 rings (SSSR count). The van der Waals surface area contributed by atoms with Gasteiger partial charge in [0.05, 0.1) is 18.3 Å². The molecular formula is C13H25NO2. The Kier molecular flexibility index (Phi) is 3.88. The number of hydrogen-bond donors (Lipinski definition) is 1. The summed E-state index contributed by atoms with van der Waals surface area (Å²) in [5.41, 5.74) is 5.88. The maximum Gasteiger partial charge on any atom is 0.0984 e. The lowest BCUT2D eigenvalue weighted by Gasteiger charge is -2.44. The molecule has 94 valence electrons. The number of hydrogen-bond acceptors (Lipinski definition) is 3. The Morgan fingerprint density at radius 3 is 2.12 bits per heavy atom. The van der Waals surface area contributed by atoms with Crippen molar-refractivity contribution in [2.24, 2.45) is 17.6 Å². The van der Waals surface area contributed by atoms with Crippen molar-refractivity contribution in [2.75, 3.05) is 7.11 Å². The fourth-order valence-corrected chi connectivity index (χ4v) is 3.31. The van der Waals surface area contributed by atoms with E-state index in [1.165, 1.54) is 19.3 Å². The van der Waals surface area contributed by atoms with Crippen LogP contribution in [0.1, 0.15) is 39.5 Å². The highest BCUT2D eigenvalue weighted by atomic mass is 16.5. The van der Waals surface area contributed by atoms with Crippen LogP contribution in [0.2, 0.25) is 0 Å². The van der Waals surface area contributed by atoms with Crippen molar-refractivity contribution >= 4 is 0 Å². The summed E-state index contributed by atoms with van der Waals surface area (Å²) in [5.74, 6) is 1.59. The van der Waals surface area contributed by atoms with E-state index in [4.69, 9.17) is 15.2 Å². The molecule has 0 amide bonds. The second-order valence-corrected chi connectivity index (χ2v) is 5.81. The van der Waals surface area contributed by atoms with Gasteiger partial charge in [-0.15, -0.1) is 0 Å². The van der Waals surface area contributed by atoms with E-state index in [0.29, 0.717) is 6.10 Å². The van der Waals surface area contributed by atoms with Crippen LogP contribution < -0.4 is 5.73 Å². The normalized spacial score (nSPS) is 48.8. The van der Waals surface area contributed by atoms with Gasteiger partial charge < -0.3 is 15.2 Å². The summed E-state index contributed by atoms with van der Waals surface area (Å²) in [6.07, 6.45) is 5.48. The van der Waals surface area contributed by atoms with Crippen LogP contribution in [0.5, 0.6) is 0 Å². The summed E-state index contributed by atoms with van der Waals surface area (Å²) >= 11 is 0. The lowest BCUT2D eigenvalue weighted by Crippen LogP contribution is -2.58. The maximum atomic E-state index is 6.14. The van der Waals surface area contributed by atoms with Gasteiger partial charge in [0.15, 0.2) is 0 Å². The average Bonchev–Trinajstić information content (AvgIpc) is 2.15. The lowest BCUT2D eigenvalue weighted by molar-refractivity contribution is -0.161. The molecule has 5 unspecified atom stereocenters. The molecule has 2 N–H and O–H groups in total. The second-order valence-electron chi connectivity index (χ2n) is 5.81. The van der Waals surface area contributed by atoms with Gasteiger partial charge in [0.2, 0.25) is 0 Å². The molecule has 0 aromatic rings. The summed E-state index contributed by atoms with van der Waals surface area (Å²) in [5, 5.41) is 0. The van der Waals surface area contributed by atoms with Crippen molar-refractivity contribution in [3.05, 3.63) is 0 Å². The number of nitrogens with two attached hydrogens (primary N) is 1. The molecule has 3 heteroatoms. The van der Waals surface area contributed by atoms with Crippen molar-refractivity contribution in [3.8, 4) is 0 Å². The molecule has 0 aliphatic heterocycles. The molecule has 2 aliphatic carbocycles. The molecule has 2 fully saturated rings. The first kappa shape index (κ1) is 12.3. The largest absolute Gasteiger partial charge is 0.377 e. The minimum atomic E-state index is 0.118. The van der Waals surface area contributed by atoms with Gasteiger partial charge in [0, 0.05) is 13.2 Å². The van der Waals surface area contributed by atoms with Crippen molar-refractivity contribution < 1.29 is 9.47 Å². The SMILES string of the molecule is COC1C(N)CC1OC1CC(C)CC(C)C1. The summed E-state index contributed by atoms with van der Waals surface area (Å²) in [6.45, 7) is 4.65. The van der Waals surface area contributed by atoms with Gasteiger partial charge in [0.1, 0.15) is 0 Å². The van der Waals surface area contributed by atoms with E-state index in [1.54, 1.807) is 7.11 Å². The third kappa shape index (κ3) is 2.58. The third-order valence-electron chi connectivity index (χ3n) is 4.07. The molecule has 0 aromatic heterocycles. The Labute approximate surface area is 98.7 Å². The Bertz CT molecular complexity index is 224. The lowest BCUT2D eigenvalue weighted by atomic mass is 9.80. The Hall–Kier alpha value is -0.120. The standard InChI is InChI=1S/C13H25NO2/c1-8-4-9(2)6-10(5-8)16-12-7-11(14)13(12)15-3/h8-13H,4-7,14H2,1-3H3. The van der Waals surface area contributed by atoms with Crippen LogP contribution >= 0.6 is 0 Å². The smallest absolute Gasteiger partial charge is 0.0984 e.